The van der Waals surface area contributed by atoms with Crippen LogP contribution in [0.1, 0.15) is 23.2 Å². The molecule has 0 aliphatic carbocycles. The molecule has 2 amide bonds. The molecule has 1 atom stereocenters. The normalized spacial score (nSPS) is 17.0. The zero-order chi connectivity index (χ0) is 18.7. The van der Waals surface area contributed by atoms with Gasteiger partial charge in [0.05, 0.1) is 5.92 Å². The Morgan fingerprint density at radius 2 is 1.62 bits per heavy atom. The second-order valence-corrected chi connectivity index (χ2v) is 6.24. The summed E-state index contributed by atoms with van der Waals surface area (Å²) >= 11 is 0. The molecule has 1 N–H and O–H groups in total. The van der Waals surface area contributed by atoms with Gasteiger partial charge < -0.3 is 10.2 Å². The topological polar surface area (TPSA) is 49.4 Å². The molecule has 2 aromatic carbocycles. The van der Waals surface area contributed by atoms with Crippen LogP contribution in [0, 0.1) is 23.4 Å². The molecule has 0 radical (unpaired) electrons. The van der Waals surface area contributed by atoms with Gasteiger partial charge in [-0.3, -0.25) is 9.59 Å². The maximum absolute atomic E-state index is 13.2. The first-order valence-corrected chi connectivity index (χ1v) is 8.24. The van der Waals surface area contributed by atoms with Gasteiger partial charge in [-0.25, -0.2) is 13.2 Å². The molecule has 7 heteroatoms. The molecule has 0 saturated carbocycles. The van der Waals surface area contributed by atoms with Crippen LogP contribution in [0.4, 0.5) is 18.9 Å². The van der Waals surface area contributed by atoms with E-state index in [1.54, 1.807) is 0 Å². The van der Waals surface area contributed by atoms with Gasteiger partial charge in [-0.05, 0) is 49.2 Å². The van der Waals surface area contributed by atoms with Crippen LogP contribution < -0.4 is 5.32 Å². The molecule has 1 heterocycles. The van der Waals surface area contributed by atoms with E-state index in [-0.39, 0.29) is 18.1 Å². The molecule has 26 heavy (non-hydrogen) atoms. The van der Waals surface area contributed by atoms with E-state index >= 15 is 0 Å². The van der Waals surface area contributed by atoms with Gasteiger partial charge in [0.15, 0.2) is 0 Å². The summed E-state index contributed by atoms with van der Waals surface area (Å²) in [7, 11) is 0. The lowest BCUT2D eigenvalue weighted by molar-refractivity contribution is -0.121. The number of piperidine rings is 1. The van der Waals surface area contributed by atoms with E-state index in [4.69, 9.17) is 0 Å². The number of nitrogens with zero attached hydrogens (tertiary/aromatic N) is 1. The van der Waals surface area contributed by atoms with Gasteiger partial charge in [0.25, 0.3) is 5.91 Å². The first kappa shape index (κ1) is 18.0. The van der Waals surface area contributed by atoms with Crippen molar-refractivity contribution in [2.75, 3.05) is 18.4 Å². The number of hydrogen-bond donors (Lipinski definition) is 1. The SMILES string of the molecule is O=C(Nc1cc(F)cc(F)c1)[C@H]1CCCN(C(=O)c2ccc(F)cc2)C1. The Bertz CT molecular complexity index is 804. The Balaban J connectivity index is 1.66. The van der Waals surface area contributed by atoms with E-state index in [9.17, 15) is 22.8 Å². The number of hydrogen-bond acceptors (Lipinski definition) is 2. The molecule has 1 fully saturated rings. The monoisotopic (exact) mass is 362 g/mol. The fourth-order valence-electron chi connectivity index (χ4n) is 3.02. The van der Waals surface area contributed by atoms with Crippen LogP contribution in [0.5, 0.6) is 0 Å². The fraction of sp³-hybridized carbons (Fsp3) is 0.263. The predicted octanol–water partition coefficient (Wildman–Crippen LogP) is 3.59. The summed E-state index contributed by atoms with van der Waals surface area (Å²) in [5, 5.41) is 2.49. The first-order chi connectivity index (χ1) is 12.4. The van der Waals surface area contributed by atoms with Gasteiger partial charge in [0.1, 0.15) is 17.5 Å². The average Bonchev–Trinajstić information content (AvgIpc) is 2.61. The minimum absolute atomic E-state index is 0.0366. The number of benzene rings is 2. The lowest BCUT2D eigenvalue weighted by atomic mass is 9.96. The van der Waals surface area contributed by atoms with E-state index in [0.717, 1.165) is 18.2 Å². The van der Waals surface area contributed by atoms with E-state index in [2.05, 4.69) is 5.32 Å². The number of nitrogens with one attached hydrogen (secondary N) is 1. The third kappa shape index (κ3) is 4.22. The van der Waals surface area contributed by atoms with Crippen molar-refractivity contribution in [3.8, 4) is 0 Å². The van der Waals surface area contributed by atoms with Crippen LogP contribution in [0.15, 0.2) is 42.5 Å². The second kappa shape index (κ2) is 7.59. The lowest BCUT2D eigenvalue weighted by Gasteiger charge is -2.32. The van der Waals surface area contributed by atoms with Gasteiger partial charge in [0.2, 0.25) is 5.91 Å². The van der Waals surface area contributed by atoms with Crippen molar-refractivity contribution in [1.29, 1.82) is 0 Å². The number of halogens is 3. The smallest absolute Gasteiger partial charge is 0.253 e. The fourth-order valence-corrected chi connectivity index (χ4v) is 3.02. The molecule has 1 aliphatic rings. The standard InChI is InChI=1S/C19H17F3N2O2/c20-14-5-3-12(4-6-14)19(26)24-7-1-2-13(11-24)18(25)23-17-9-15(21)8-16(22)10-17/h3-6,8-10,13H,1-2,7,11H2,(H,23,25)/t13-/m0/s1. The van der Waals surface area contributed by atoms with E-state index in [0.29, 0.717) is 24.9 Å². The van der Waals surface area contributed by atoms with Crippen LogP contribution in [-0.2, 0) is 4.79 Å². The first-order valence-electron chi connectivity index (χ1n) is 8.24. The zero-order valence-corrected chi connectivity index (χ0v) is 13.8. The molecule has 2 aromatic rings. The van der Waals surface area contributed by atoms with Crippen LogP contribution in [0.3, 0.4) is 0 Å². The van der Waals surface area contributed by atoms with E-state index in [1.165, 1.54) is 29.2 Å². The molecule has 0 unspecified atom stereocenters. The summed E-state index contributed by atoms with van der Waals surface area (Å²) < 4.78 is 39.5. The van der Waals surface area contributed by atoms with Crippen molar-refractivity contribution in [2.24, 2.45) is 5.92 Å². The molecule has 3 rings (SSSR count). The zero-order valence-electron chi connectivity index (χ0n) is 13.8. The van der Waals surface area contributed by atoms with Gasteiger partial charge in [-0.15, -0.1) is 0 Å². The maximum atomic E-state index is 13.2. The molecule has 136 valence electrons. The molecule has 0 aromatic heterocycles. The summed E-state index contributed by atoms with van der Waals surface area (Å²) in [6.45, 7) is 0.689. The molecule has 1 saturated heterocycles. The molecular formula is C19H17F3N2O2. The van der Waals surface area contributed by atoms with Crippen LogP contribution in [0.2, 0.25) is 0 Å². The van der Waals surface area contributed by atoms with Crippen molar-refractivity contribution in [3.05, 3.63) is 65.5 Å². The summed E-state index contributed by atoms with van der Waals surface area (Å²) in [5.41, 5.74) is 0.383. The highest BCUT2D eigenvalue weighted by Crippen LogP contribution is 2.21. The predicted molar refractivity (Wildman–Crippen MR) is 90.0 cm³/mol. The summed E-state index contributed by atoms with van der Waals surface area (Å²) in [6.07, 6.45) is 1.19. The molecule has 0 spiro atoms. The van der Waals surface area contributed by atoms with Crippen LogP contribution in [0.25, 0.3) is 0 Å². The highest BCUT2D eigenvalue weighted by atomic mass is 19.1. The third-order valence-electron chi connectivity index (χ3n) is 4.30. The minimum atomic E-state index is -0.781. The Hall–Kier alpha value is -2.83. The van der Waals surface area contributed by atoms with Crippen LogP contribution >= 0.6 is 0 Å². The number of amides is 2. The minimum Gasteiger partial charge on any atom is -0.338 e. The molecule has 4 nitrogen and oxygen atoms in total. The van der Waals surface area contributed by atoms with Crippen molar-refractivity contribution in [2.45, 2.75) is 12.8 Å². The number of likely N-dealkylation sites (tertiary alicyclic amines) is 1. The quantitative estimate of drug-likeness (QED) is 0.907. The maximum Gasteiger partial charge on any atom is 0.253 e. The summed E-state index contributed by atoms with van der Waals surface area (Å²) in [5.74, 6) is -3.15. The number of anilines is 1. The Morgan fingerprint density at radius 1 is 0.962 bits per heavy atom. The number of carbonyl (C=O) groups is 2. The molecule has 0 bridgehead atoms. The number of rotatable bonds is 3. The largest absolute Gasteiger partial charge is 0.338 e. The van der Waals surface area contributed by atoms with Gasteiger partial charge >= 0.3 is 0 Å². The van der Waals surface area contributed by atoms with Gasteiger partial charge in [-0.2, -0.15) is 0 Å². The molecule has 1 aliphatic heterocycles. The van der Waals surface area contributed by atoms with Crippen molar-refractivity contribution in [3.63, 3.8) is 0 Å². The van der Waals surface area contributed by atoms with Crippen molar-refractivity contribution >= 4 is 17.5 Å². The lowest BCUT2D eigenvalue weighted by Crippen LogP contribution is -2.43. The average molecular weight is 362 g/mol. The molecular weight excluding hydrogens is 345 g/mol. The van der Waals surface area contributed by atoms with Gasteiger partial charge in [-0.1, -0.05) is 0 Å². The van der Waals surface area contributed by atoms with Crippen LogP contribution in [-0.4, -0.2) is 29.8 Å². The Morgan fingerprint density at radius 3 is 2.27 bits per heavy atom. The summed E-state index contributed by atoms with van der Waals surface area (Å²) in [4.78, 5) is 26.4. The Labute approximate surface area is 148 Å². The summed E-state index contributed by atoms with van der Waals surface area (Å²) in [6, 6.07) is 8.00. The van der Waals surface area contributed by atoms with Crippen molar-refractivity contribution in [1.82, 2.24) is 4.90 Å². The highest BCUT2D eigenvalue weighted by molar-refractivity contribution is 5.96. The van der Waals surface area contributed by atoms with E-state index < -0.39 is 29.3 Å². The highest BCUT2D eigenvalue weighted by Gasteiger charge is 2.29. The number of carbonyl (C=O) groups excluding carboxylic acids is 2. The van der Waals surface area contributed by atoms with Crippen molar-refractivity contribution < 1.29 is 22.8 Å². The van der Waals surface area contributed by atoms with E-state index in [1.807, 2.05) is 0 Å². The second-order valence-electron chi connectivity index (χ2n) is 6.24. The third-order valence-corrected chi connectivity index (χ3v) is 4.30. The van der Waals surface area contributed by atoms with Gasteiger partial charge in [0, 0.05) is 30.4 Å². The Kier molecular flexibility index (Phi) is 5.25.